The summed E-state index contributed by atoms with van der Waals surface area (Å²) in [4.78, 5) is -0.361. The zero-order valence-corrected chi connectivity index (χ0v) is 20.5. The molecule has 0 saturated carbocycles. The van der Waals surface area contributed by atoms with Crippen molar-refractivity contribution in [1.29, 1.82) is 0 Å². The van der Waals surface area contributed by atoms with Crippen molar-refractivity contribution >= 4 is 70.9 Å². The van der Waals surface area contributed by atoms with Gasteiger partial charge in [0.2, 0.25) is 0 Å². The van der Waals surface area contributed by atoms with Crippen LogP contribution in [0.1, 0.15) is 0 Å². The summed E-state index contributed by atoms with van der Waals surface area (Å²) in [5.41, 5.74) is 0. The maximum atomic E-state index is 12.4. The van der Waals surface area contributed by atoms with Gasteiger partial charge in [-0.3, -0.25) is 0 Å². The maximum absolute atomic E-state index is 12.4. The van der Waals surface area contributed by atoms with E-state index >= 15 is 0 Å². The quantitative estimate of drug-likeness (QED) is 0.205. The predicted octanol–water partition coefficient (Wildman–Crippen LogP) is 5.41. The summed E-state index contributed by atoms with van der Waals surface area (Å²) in [5, 5.41) is 0. The number of rotatable bonds is 6. The Hall–Kier alpha value is 0.562. The molecule has 0 N–H and O–H groups in total. The Kier molecular flexibility index (Phi) is 11.7. The Balaban J connectivity index is 4.95. The molecule has 0 fully saturated rings. The van der Waals surface area contributed by atoms with Gasteiger partial charge in [0.15, 0.2) is 0 Å². The molecule has 0 aromatic heterocycles. The van der Waals surface area contributed by atoms with Gasteiger partial charge in [-0.15, -0.1) is 0 Å². The van der Waals surface area contributed by atoms with Crippen LogP contribution in [0.5, 0.6) is 0 Å². The molecule has 0 rings (SSSR count). The van der Waals surface area contributed by atoms with Crippen LogP contribution in [0.15, 0.2) is 0 Å². The van der Waals surface area contributed by atoms with Gasteiger partial charge in [-0.05, 0) is 0 Å². The summed E-state index contributed by atoms with van der Waals surface area (Å²) >= 11 is 6.49. The van der Waals surface area contributed by atoms with Crippen molar-refractivity contribution in [2.45, 2.75) is 24.7 Å². The molecule has 2 radical (unpaired) electrons. The molecule has 0 aliphatic rings. The molecule has 0 aromatic carbocycles. The van der Waals surface area contributed by atoms with Crippen molar-refractivity contribution in [3.63, 3.8) is 0 Å². The molecule has 0 atom stereocenters. The Bertz CT molecular complexity index is 479. The third-order valence-electron chi connectivity index (χ3n) is 2.25. The minimum atomic E-state index is -5.01. The molecular formula is C10H8F12N2PbS4. The third-order valence-corrected chi connectivity index (χ3v) is 18.6. The van der Waals surface area contributed by atoms with Crippen molar-refractivity contribution < 1.29 is 52.7 Å². The Labute approximate surface area is 183 Å². The van der Waals surface area contributed by atoms with Gasteiger partial charge >= 0.3 is 184 Å². The summed E-state index contributed by atoms with van der Waals surface area (Å²) in [5.74, 6) is 0. The summed E-state index contributed by atoms with van der Waals surface area (Å²) in [6, 6.07) is 0. The van der Waals surface area contributed by atoms with Crippen LogP contribution in [-0.2, 0) is 0 Å². The minimum absolute atomic E-state index is 0.181. The number of halogens is 12. The monoisotopic (exact) mass is 720 g/mol. The average molecular weight is 720 g/mol. The van der Waals surface area contributed by atoms with Crippen LogP contribution in [-0.4, -0.2) is 90.6 Å². The van der Waals surface area contributed by atoms with E-state index in [4.69, 9.17) is 0 Å². The predicted molar refractivity (Wildman–Crippen MR) is 93.5 cm³/mol. The zero-order valence-electron chi connectivity index (χ0n) is 13.4. The first-order valence-electron chi connectivity index (χ1n) is 6.62. The van der Waals surface area contributed by atoms with E-state index in [9.17, 15) is 52.7 Å². The average Bonchev–Trinajstić information content (AvgIpc) is 2.39. The van der Waals surface area contributed by atoms with Crippen molar-refractivity contribution in [3.8, 4) is 0 Å². The Morgan fingerprint density at radius 1 is 0.552 bits per heavy atom. The van der Waals surface area contributed by atoms with Crippen LogP contribution in [0, 0.1) is 0 Å². The van der Waals surface area contributed by atoms with Gasteiger partial charge in [-0.1, -0.05) is 0 Å². The summed E-state index contributed by atoms with van der Waals surface area (Å²) in [7, 11) is 0.771. The molecule has 0 unspecified atom stereocenters. The summed E-state index contributed by atoms with van der Waals surface area (Å²) in [6.45, 7) is -8.04. The number of alkyl halides is 12. The van der Waals surface area contributed by atoms with E-state index in [0.717, 1.165) is 0 Å². The van der Waals surface area contributed by atoms with Gasteiger partial charge in [-0.2, -0.15) is 0 Å². The normalized spacial score (nSPS) is 13.4. The molecule has 170 valence electrons. The van der Waals surface area contributed by atoms with Gasteiger partial charge in [-0.25, -0.2) is 0 Å². The van der Waals surface area contributed by atoms with E-state index in [1.54, 1.807) is 0 Å². The Morgan fingerprint density at radius 2 is 0.759 bits per heavy atom. The van der Waals surface area contributed by atoms with Crippen molar-refractivity contribution in [2.24, 2.45) is 0 Å². The second-order valence-corrected chi connectivity index (χ2v) is 18.7. The van der Waals surface area contributed by atoms with E-state index in [1.807, 2.05) is 0 Å². The van der Waals surface area contributed by atoms with Crippen LogP contribution >= 0.6 is 41.1 Å². The van der Waals surface area contributed by atoms with E-state index < -0.39 is 80.8 Å². The van der Waals surface area contributed by atoms with E-state index in [0.29, 0.717) is 16.6 Å². The van der Waals surface area contributed by atoms with Gasteiger partial charge in [0.25, 0.3) is 0 Å². The van der Waals surface area contributed by atoms with Crippen LogP contribution in [0.25, 0.3) is 0 Å². The summed E-state index contributed by atoms with van der Waals surface area (Å²) < 4.78 is 147. The van der Waals surface area contributed by atoms with Crippen LogP contribution in [0.4, 0.5) is 52.7 Å². The Morgan fingerprint density at radius 3 is 0.931 bits per heavy atom. The molecule has 0 heterocycles. The van der Waals surface area contributed by atoms with Gasteiger partial charge in [0, 0.05) is 0 Å². The van der Waals surface area contributed by atoms with Crippen molar-refractivity contribution in [1.82, 2.24) is 9.80 Å². The molecule has 0 aromatic rings. The fraction of sp³-hybridized carbons (Fsp3) is 0.800. The summed E-state index contributed by atoms with van der Waals surface area (Å²) in [6.07, 6.45) is -20.0. The number of thiocarbonyl (C=S) groups is 2. The fourth-order valence-corrected chi connectivity index (χ4v) is 17.8. The molecule has 19 heteroatoms. The first-order valence-corrected chi connectivity index (χ1v) is 18.6. The standard InChI is InChI=1S/2C5H5F6NS2.Pb/c2*6-4(7,8)1-12(3(13)14)2-5(9,10)11;/h2*1-2H2,(H,13,14);/q;;+2/p-2. The molecule has 0 aliphatic heterocycles. The van der Waals surface area contributed by atoms with E-state index in [1.165, 1.54) is 0 Å². The second kappa shape index (κ2) is 11.4. The molecule has 0 saturated heterocycles. The van der Waals surface area contributed by atoms with Gasteiger partial charge in [0.05, 0.1) is 0 Å². The fourth-order valence-electron chi connectivity index (χ4n) is 1.46. The molecule has 29 heavy (non-hydrogen) atoms. The first-order chi connectivity index (χ1) is 12.7. The third kappa shape index (κ3) is 16.9. The SMILES string of the molecule is FC(F)(F)CN(CC(F)(F)F)C(=S)[S][Pb][S]C(=S)N(CC(F)(F)F)CC(F)(F)F. The van der Waals surface area contributed by atoms with Crippen LogP contribution < -0.4 is 0 Å². The van der Waals surface area contributed by atoms with Crippen molar-refractivity contribution in [2.75, 3.05) is 26.2 Å². The first kappa shape index (κ1) is 29.6. The van der Waals surface area contributed by atoms with Crippen molar-refractivity contribution in [3.05, 3.63) is 0 Å². The topological polar surface area (TPSA) is 6.48 Å². The van der Waals surface area contributed by atoms with Crippen LogP contribution in [0.2, 0.25) is 0 Å². The molecule has 0 aliphatic carbocycles. The van der Waals surface area contributed by atoms with Gasteiger partial charge < -0.3 is 0 Å². The number of hydrogen-bond donors (Lipinski definition) is 0. The van der Waals surface area contributed by atoms with E-state index in [2.05, 4.69) is 24.4 Å². The molecule has 0 amide bonds. The second-order valence-electron chi connectivity index (χ2n) is 4.99. The van der Waals surface area contributed by atoms with Gasteiger partial charge in [0.1, 0.15) is 0 Å². The molecule has 0 spiro atoms. The molecule has 2 nitrogen and oxygen atoms in total. The zero-order chi connectivity index (χ0) is 23.3. The number of nitrogens with zero attached hydrogens (tertiary/aromatic N) is 2. The van der Waals surface area contributed by atoms with E-state index in [-0.39, 0.29) is 9.80 Å². The number of hydrogen-bond acceptors (Lipinski definition) is 4. The van der Waals surface area contributed by atoms with Crippen LogP contribution in [0.3, 0.4) is 0 Å². The molecule has 0 bridgehead atoms. The molecular weight excluding hydrogens is 712 g/mol.